The molecule has 0 aromatic rings. The molecule has 0 aromatic heterocycles. The van der Waals surface area contributed by atoms with Crippen LogP contribution in [0.5, 0.6) is 0 Å². The van der Waals surface area contributed by atoms with Crippen molar-refractivity contribution in [1.82, 2.24) is 0 Å². The molecular weight excluding hydrogens is 206 g/mol. The highest BCUT2D eigenvalue weighted by molar-refractivity contribution is 9.10. The molecule has 0 aromatic carbocycles. The predicted molar refractivity (Wildman–Crippen MR) is 39.5 cm³/mol. The van der Waals surface area contributed by atoms with Crippen molar-refractivity contribution in [3.05, 3.63) is 12.2 Å². The van der Waals surface area contributed by atoms with E-state index in [1.54, 1.807) is 6.92 Å². The maximum atomic E-state index is 11.9. The highest BCUT2D eigenvalue weighted by Gasteiger charge is 2.17. The molecular formula is C6H9BrF2O. The number of allylic oxidation sites excluding steroid dienone is 1. The van der Waals surface area contributed by atoms with Crippen LogP contribution in [0.15, 0.2) is 12.2 Å². The van der Waals surface area contributed by atoms with Gasteiger partial charge in [0.15, 0.2) is 0 Å². The number of alkyl halides is 3. The molecule has 0 aliphatic carbocycles. The van der Waals surface area contributed by atoms with Crippen LogP contribution in [0.25, 0.3) is 0 Å². The average Bonchev–Trinajstić information content (AvgIpc) is 1.78. The zero-order valence-corrected chi connectivity index (χ0v) is 7.20. The van der Waals surface area contributed by atoms with Gasteiger partial charge in [-0.05, 0) is 28.9 Å². The Labute approximate surface area is 67.2 Å². The van der Waals surface area contributed by atoms with E-state index < -0.39 is 4.83 Å². The predicted octanol–water partition coefficient (Wildman–Crippen LogP) is 2.57. The van der Waals surface area contributed by atoms with Crippen LogP contribution >= 0.6 is 15.9 Å². The first-order chi connectivity index (χ1) is 4.56. The lowest BCUT2D eigenvalue weighted by Crippen LogP contribution is -1.99. The van der Waals surface area contributed by atoms with Crippen molar-refractivity contribution < 1.29 is 13.5 Å². The first-order valence-corrected chi connectivity index (χ1v) is 3.67. The van der Waals surface area contributed by atoms with Crippen LogP contribution in [0.4, 0.5) is 8.78 Å². The van der Waals surface area contributed by atoms with Crippen molar-refractivity contribution in [2.75, 3.05) is 13.2 Å². The fourth-order valence-electron chi connectivity index (χ4n) is 0.368. The molecule has 0 N–H and O–H groups in total. The summed E-state index contributed by atoms with van der Waals surface area (Å²) >= 11 is 2.15. The summed E-state index contributed by atoms with van der Waals surface area (Å²) in [5, 5.41) is 0. The van der Waals surface area contributed by atoms with Gasteiger partial charge in [-0.25, -0.2) is 0 Å². The van der Waals surface area contributed by atoms with Crippen LogP contribution in [0.1, 0.15) is 6.92 Å². The Morgan fingerprint density at radius 2 is 2.20 bits per heavy atom. The third kappa shape index (κ3) is 8.04. The molecule has 0 amide bonds. The van der Waals surface area contributed by atoms with Gasteiger partial charge in [0.05, 0.1) is 6.61 Å². The van der Waals surface area contributed by atoms with Crippen molar-refractivity contribution in [1.29, 1.82) is 0 Å². The maximum absolute atomic E-state index is 11.9. The minimum atomic E-state index is -2.90. The van der Waals surface area contributed by atoms with Crippen molar-refractivity contribution in [2.45, 2.75) is 11.8 Å². The van der Waals surface area contributed by atoms with Gasteiger partial charge >= 0.3 is 4.83 Å². The Hall–Kier alpha value is 0.0400. The molecule has 0 bridgehead atoms. The van der Waals surface area contributed by atoms with Gasteiger partial charge in [0, 0.05) is 6.61 Å². The molecule has 0 aliphatic rings. The molecule has 0 radical (unpaired) electrons. The standard InChI is InChI=1S/C6H9BrF2O/c1-2-10-5-3-4-6(7,8)9/h3-4H,2,5H2,1H3/b4-3+. The van der Waals surface area contributed by atoms with Gasteiger partial charge < -0.3 is 4.74 Å². The first-order valence-electron chi connectivity index (χ1n) is 2.88. The summed E-state index contributed by atoms with van der Waals surface area (Å²) in [4.78, 5) is -2.90. The molecule has 10 heavy (non-hydrogen) atoms. The van der Waals surface area contributed by atoms with Crippen molar-refractivity contribution in [3.63, 3.8) is 0 Å². The van der Waals surface area contributed by atoms with Gasteiger partial charge in [0.25, 0.3) is 0 Å². The molecule has 0 fully saturated rings. The van der Waals surface area contributed by atoms with Crippen molar-refractivity contribution in [2.24, 2.45) is 0 Å². The molecule has 0 heterocycles. The molecule has 0 saturated carbocycles. The van der Waals surface area contributed by atoms with Gasteiger partial charge in [0.2, 0.25) is 0 Å². The smallest absolute Gasteiger partial charge is 0.320 e. The minimum Gasteiger partial charge on any atom is -0.378 e. The number of rotatable bonds is 4. The van der Waals surface area contributed by atoms with Gasteiger partial charge in [0.1, 0.15) is 0 Å². The topological polar surface area (TPSA) is 9.23 Å². The van der Waals surface area contributed by atoms with Crippen LogP contribution in [-0.2, 0) is 4.74 Å². The van der Waals surface area contributed by atoms with Crippen LogP contribution in [-0.4, -0.2) is 18.0 Å². The molecule has 0 rings (SSSR count). The summed E-state index contributed by atoms with van der Waals surface area (Å²) in [5.41, 5.74) is 0. The molecule has 0 unspecified atom stereocenters. The Kier molecular flexibility index (Phi) is 4.81. The first kappa shape index (κ1) is 10.0. The minimum absolute atomic E-state index is 0.234. The molecule has 0 spiro atoms. The van der Waals surface area contributed by atoms with Gasteiger partial charge in [-0.1, -0.05) is 6.08 Å². The number of hydrogen-bond donors (Lipinski definition) is 0. The lowest BCUT2D eigenvalue weighted by Gasteiger charge is -1.99. The number of halogens is 3. The molecule has 0 aliphatic heterocycles. The zero-order valence-electron chi connectivity index (χ0n) is 5.61. The lowest BCUT2D eigenvalue weighted by molar-refractivity contribution is 0.161. The highest BCUT2D eigenvalue weighted by atomic mass is 79.9. The summed E-state index contributed by atoms with van der Waals surface area (Å²) < 4.78 is 28.6. The van der Waals surface area contributed by atoms with Crippen molar-refractivity contribution >= 4 is 15.9 Å². The average molecular weight is 215 g/mol. The van der Waals surface area contributed by atoms with E-state index in [1.807, 2.05) is 0 Å². The van der Waals surface area contributed by atoms with E-state index >= 15 is 0 Å². The van der Waals surface area contributed by atoms with E-state index in [0.29, 0.717) is 6.61 Å². The van der Waals surface area contributed by atoms with Crippen LogP contribution in [0, 0.1) is 0 Å². The Balaban J connectivity index is 3.37. The van der Waals surface area contributed by atoms with E-state index in [1.165, 1.54) is 6.08 Å². The molecule has 1 nitrogen and oxygen atoms in total. The second-order valence-electron chi connectivity index (χ2n) is 1.60. The summed E-state index contributed by atoms with van der Waals surface area (Å²) in [6, 6.07) is 0. The zero-order chi connectivity index (χ0) is 8.04. The number of hydrogen-bond acceptors (Lipinski definition) is 1. The van der Waals surface area contributed by atoms with Crippen LogP contribution in [0.3, 0.4) is 0 Å². The quantitative estimate of drug-likeness (QED) is 0.397. The normalized spacial score (nSPS) is 12.8. The molecule has 0 saturated heterocycles. The Bertz CT molecular complexity index is 109. The summed E-state index contributed by atoms with van der Waals surface area (Å²) in [5.74, 6) is 0. The second-order valence-corrected chi connectivity index (χ2v) is 2.66. The monoisotopic (exact) mass is 214 g/mol. The van der Waals surface area contributed by atoms with E-state index in [0.717, 1.165) is 6.08 Å². The second kappa shape index (κ2) is 4.79. The van der Waals surface area contributed by atoms with Gasteiger partial charge in [-0.3, -0.25) is 0 Å². The molecule has 0 atom stereocenters. The Morgan fingerprint density at radius 3 is 2.60 bits per heavy atom. The fraction of sp³-hybridized carbons (Fsp3) is 0.667. The summed E-state index contributed by atoms with van der Waals surface area (Å²) in [6.07, 6.45) is 2.03. The van der Waals surface area contributed by atoms with E-state index in [9.17, 15) is 8.78 Å². The van der Waals surface area contributed by atoms with Gasteiger partial charge in [-0.2, -0.15) is 8.78 Å². The van der Waals surface area contributed by atoms with E-state index in [2.05, 4.69) is 15.9 Å². The maximum Gasteiger partial charge on any atom is 0.320 e. The number of ether oxygens (including phenoxy) is 1. The summed E-state index contributed by atoms with van der Waals surface area (Å²) in [6.45, 7) is 2.58. The third-order valence-corrected chi connectivity index (χ3v) is 0.989. The van der Waals surface area contributed by atoms with Crippen LogP contribution < -0.4 is 0 Å². The largest absolute Gasteiger partial charge is 0.378 e. The molecule has 60 valence electrons. The van der Waals surface area contributed by atoms with Gasteiger partial charge in [-0.15, -0.1) is 0 Å². The fourth-order valence-corrected chi connectivity index (χ4v) is 0.555. The van der Waals surface area contributed by atoms with E-state index in [-0.39, 0.29) is 6.61 Å². The molecule has 4 heteroatoms. The van der Waals surface area contributed by atoms with Crippen LogP contribution in [0.2, 0.25) is 0 Å². The lowest BCUT2D eigenvalue weighted by atomic mass is 10.5. The highest BCUT2D eigenvalue weighted by Crippen LogP contribution is 2.22. The third-order valence-electron chi connectivity index (χ3n) is 0.725. The Morgan fingerprint density at radius 1 is 1.60 bits per heavy atom. The van der Waals surface area contributed by atoms with E-state index in [4.69, 9.17) is 4.74 Å². The SMILES string of the molecule is CCOC/C=C/C(F)(F)Br. The van der Waals surface area contributed by atoms with Crippen molar-refractivity contribution in [3.8, 4) is 0 Å². The summed E-state index contributed by atoms with van der Waals surface area (Å²) in [7, 11) is 0.